The van der Waals surface area contributed by atoms with E-state index in [9.17, 15) is 8.42 Å². The normalized spacial score (nSPS) is 11.8. The minimum Gasteiger partial charge on any atom is -0.337 e. The third kappa shape index (κ3) is 2.61. The SMILES string of the molecule is Cn1ccnc1CNS(N)(=O)=O. The summed E-state index contributed by atoms with van der Waals surface area (Å²) in [4.78, 5) is 3.90. The van der Waals surface area contributed by atoms with Crippen LogP contribution in [0.1, 0.15) is 5.82 Å². The van der Waals surface area contributed by atoms with E-state index < -0.39 is 10.2 Å². The van der Waals surface area contributed by atoms with E-state index in [1.807, 2.05) is 0 Å². The number of aromatic nitrogens is 2. The number of hydrogen-bond acceptors (Lipinski definition) is 3. The van der Waals surface area contributed by atoms with Crippen LogP contribution in [0.2, 0.25) is 0 Å². The zero-order valence-electron chi connectivity index (χ0n) is 6.56. The van der Waals surface area contributed by atoms with Crippen molar-refractivity contribution >= 4 is 10.2 Å². The molecule has 0 unspecified atom stereocenters. The molecule has 1 rings (SSSR count). The number of aryl methyl sites for hydroxylation is 1. The predicted molar refractivity (Wildman–Crippen MR) is 43.2 cm³/mol. The summed E-state index contributed by atoms with van der Waals surface area (Å²) >= 11 is 0. The first-order chi connectivity index (χ1) is 5.49. The number of rotatable bonds is 3. The van der Waals surface area contributed by atoms with Crippen LogP contribution in [0.25, 0.3) is 0 Å². The van der Waals surface area contributed by atoms with Crippen LogP contribution in [0.3, 0.4) is 0 Å². The van der Waals surface area contributed by atoms with Gasteiger partial charge >= 0.3 is 0 Å². The summed E-state index contributed by atoms with van der Waals surface area (Å²) in [6, 6.07) is 0. The fraction of sp³-hybridized carbons (Fsp3) is 0.400. The van der Waals surface area contributed by atoms with Gasteiger partial charge in [0, 0.05) is 19.4 Å². The van der Waals surface area contributed by atoms with E-state index >= 15 is 0 Å². The van der Waals surface area contributed by atoms with Crippen LogP contribution in [0.5, 0.6) is 0 Å². The van der Waals surface area contributed by atoms with Gasteiger partial charge in [0.25, 0.3) is 10.2 Å². The Labute approximate surface area is 70.6 Å². The summed E-state index contributed by atoms with van der Waals surface area (Å²) in [5.74, 6) is 0.615. The molecule has 0 saturated heterocycles. The van der Waals surface area contributed by atoms with Crippen molar-refractivity contribution in [1.82, 2.24) is 14.3 Å². The van der Waals surface area contributed by atoms with Crippen LogP contribution < -0.4 is 9.86 Å². The molecule has 1 aromatic heterocycles. The predicted octanol–water partition coefficient (Wildman–Crippen LogP) is -1.29. The van der Waals surface area contributed by atoms with E-state index in [4.69, 9.17) is 5.14 Å². The molecule has 0 amide bonds. The lowest BCUT2D eigenvalue weighted by Gasteiger charge is -2.01. The highest BCUT2D eigenvalue weighted by Crippen LogP contribution is 1.92. The Morgan fingerprint density at radius 1 is 1.75 bits per heavy atom. The maximum atomic E-state index is 10.5. The van der Waals surface area contributed by atoms with Crippen LogP contribution in [0, 0.1) is 0 Å². The van der Waals surface area contributed by atoms with Crippen molar-refractivity contribution in [2.45, 2.75) is 6.54 Å². The summed E-state index contributed by atoms with van der Waals surface area (Å²) in [5, 5.41) is 4.73. The smallest absolute Gasteiger partial charge is 0.274 e. The Morgan fingerprint density at radius 2 is 2.42 bits per heavy atom. The van der Waals surface area contributed by atoms with Crippen molar-refractivity contribution in [3.63, 3.8) is 0 Å². The molecule has 3 N–H and O–H groups in total. The monoisotopic (exact) mass is 190 g/mol. The van der Waals surface area contributed by atoms with E-state index in [1.54, 1.807) is 24.0 Å². The molecule has 0 spiro atoms. The molecule has 0 atom stereocenters. The minimum atomic E-state index is -3.62. The highest BCUT2D eigenvalue weighted by Gasteiger charge is 2.03. The Balaban J connectivity index is 2.61. The standard InChI is InChI=1S/C5H10N4O2S/c1-9-3-2-7-5(9)4-8-12(6,10)11/h2-3,8H,4H2,1H3,(H2,6,10,11). The lowest BCUT2D eigenvalue weighted by atomic mass is 10.6. The van der Waals surface area contributed by atoms with E-state index in [1.165, 1.54) is 0 Å². The van der Waals surface area contributed by atoms with E-state index in [2.05, 4.69) is 9.71 Å². The van der Waals surface area contributed by atoms with Crippen LogP contribution in [0.4, 0.5) is 0 Å². The third-order valence-electron chi connectivity index (χ3n) is 1.35. The zero-order valence-corrected chi connectivity index (χ0v) is 7.37. The van der Waals surface area contributed by atoms with Gasteiger partial charge in [-0.1, -0.05) is 0 Å². The number of nitrogens with zero attached hydrogens (tertiary/aromatic N) is 2. The summed E-state index contributed by atoms with van der Waals surface area (Å²) in [7, 11) is -1.85. The van der Waals surface area contributed by atoms with E-state index in [-0.39, 0.29) is 6.54 Å². The molecule has 7 heteroatoms. The molecule has 0 aliphatic carbocycles. The van der Waals surface area contributed by atoms with E-state index in [0.29, 0.717) is 5.82 Å². The molecule has 0 aromatic carbocycles. The second-order valence-electron chi connectivity index (χ2n) is 2.32. The molecule has 68 valence electrons. The zero-order chi connectivity index (χ0) is 9.19. The number of hydrogen-bond donors (Lipinski definition) is 2. The van der Waals surface area contributed by atoms with Crippen molar-refractivity contribution in [3.05, 3.63) is 18.2 Å². The van der Waals surface area contributed by atoms with Crippen LogP contribution >= 0.6 is 0 Å². The van der Waals surface area contributed by atoms with Gasteiger partial charge in [-0.25, -0.2) is 10.1 Å². The van der Waals surface area contributed by atoms with Gasteiger partial charge in [0.1, 0.15) is 5.82 Å². The maximum absolute atomic E-state index is 10.5. The van der Waals surface area contributed by atoms with Gasteiger partial charge in [0.05, 0.1) is 6.54 Å². The van der Waals surface area contributed by atoms with E-state index in [0.717, 1.165) is 0 Å². The maximum Gasteiger partial charge on any atom is 0.274 e. The molecular formula is C5H10N4O2S. The number of nitrogens with one attached hydrogen (secondary N) is 1. The van der Waals surface area contributed by atoms with Gasteiger partial charge in [-0.3, -0.25) is 0 Å². The largest absolute Gasteiger partial charge is 0.337 e. The van der Waals surface area contributed by atoms with Gasteiger partial charge < -0.3 is 4.57 Å². The topological polar surface area (TPSA) is 90.0 Å². The first kappa shape index (κ1) is 9.17. The third-order valence-corrected chi connectivity index (χ3v) is 1.90. The highest BCUT2D eigenvalue weighted by atomic mass is 32.2. The molecule has 1 aromatic rings. The van der Waals surface area contributed by atoms with Gasteiger partial charge in [-0.15, -0.1) is 0 Å². The molecule has 0 saturated carbocycles. The van der Waals surface area contributed by atoms with Crippen molar-refractivity contribution in [2.24, 2.45) is 12.2 Å². The quantitative estimate of drug-likeness (QED) is 0.621. The molecule has 0 fully saturated rings. The van der Waals surface area contributed by atoms with Crippen molar-refractivity contribution in [3.8, 4) is 0 Å². The molecule has 0 aliphatic rings. The van der Waals surface area contributed by atoms with Crippen LogP contribution in [-0.2, 0) is 23.8 Å². The summed E-state index contributed by atoms with van der Waals surface area (Å²) < 4.78 is 24.8. The number of nitrogens with two attached hydrogens (primary N) is 1. The fourth-order valence-corrected chi connectivity index (χ4v) is 1.06. The summed E-state index contributed by atoms with van der Waals surface area (Å²) in [6.07, 6.45) is 3.31. The van der Waals surface area contributed by atoms with Crippen molar-refractivity contribution in [1.29, 1.82) is 0 Å². The average molecular weight is 190 g/mol. The second-order valence-corrected chi connectivity index (χ2v) is 3.70. The highest BCUT2D eigenvalue weighted by molar-refractivity contribution is 7.87. The lowest BCUT2D eigenvalue weighted by Crippen LogP contribution is -2.31. The van der Waals surface area contributed by atoms with Crippen molar-refractivity contribution < 1.29 is 8.42 Å². The molecule has 6 nitrogen and oxygen atoms in total. The minimum absolute atomic E-state index is 0.113. The van der Waals surface area contributed by atoms with Gasteiger partial charge in [-0.05, 0) is 0 Å². The molecule has 0 radical (unpaired) electrons. The molecule has 0 bridgehead atoms. The molecule has 0 aliphatic heterocycles. The number of imidazole rings is 1. The van der Waals surface area contributed by atoms with Gasteiger partial charge in [0.15, 0.2) is 0 Å². The molecule has 1 heterocycles. The Kier molecular flexibility index (Phi) is 2.46. The Hall–Kier alpha value is -0.920. The van der Waals surface area contributed by atoms with Crippen molar-refractivity contribution in [2.75, 3.05) is 0 Å². The summed E-state index contributed by atoms with van der Waals surface area (Å²) in [6.45, 7) is 0.113. The Morgan fingerprint density at radius 3 is 2.83 bits per heavy atom. The molecule has 12 heavy (non-hydrogen) atoms. The lowest BCUT2D eigenvalue weighted by molar-refractivity contribution is 0.579. The fourth-order valence-electron chi connectivity index (χ4n) is 0.732. The summed E-state index contributed by atoms with van der Waals surface area (Å²) in [5.41, 5.74) is 0. The second kappa shape index (κ2) is 3.21. The van der Waals surface area contributed by atoms with Crippen LogP contribution in [-0.4, -0.2) is 18.0 Å². The molecular weight excluding hydrogens is 180 g/mol. The first-order valence-electron chi connectivity index (χ1n) is 3.22. The van der Waals surface area contributed by atoms with Gasteiger partial charge in [-0.2, -0.15) is 13.1 Å². The van der Waals surface area contributed by atoms with Crippen LogP contribution in [0.15, 0.2) is 12.4 Å². The Bertz CT molecular complexity index is 355. The first-order valence-corrected chi connectivity index (χ1v) is 4.77. The van der Waals surface area contributed by atoms with Gasteiger partial charge in [0.2, 0.25) is 0 Å². The average Bonchev–Trinajstić information content (AvgIpc) is 2.29.